The SMILES string of the molecule is Cc1nc(Cc2cc3c(cc2C(=O)c2ccc(Cl)cc2)OCO3)oc1C.Cc1nc(Cc2cc3c(cc2C(=O)c2ccc([N+](=O)[O-])cc2)OCO3)oc1C. The van der Waals surface area contributed by atoms with Gasteiger partial charge in [0.15, 0.2) is 46.3 Å². The zero-order valence-corrected chi connectivity index (χ0v) is 30.3. The first-order valence-electron chi connectivity index (χ1n) is 16.7. The molecule has 6 aromatic rings. The van der Waals surface area contributed by atoms with E-state index < -0.39 is 4.92 Å². The highest BCUT2D eigenvalue weighted by Crippen LogP contribution is 2.38. The van der Waals surface area contributed by atoms with Gasteiger partial charge in [0.05, 0.1) is 29.2 Å². The number of non-ortho nitro benzene ring substituents is 1. The Bertz CT molecular complexity index is 2380. The fourth-order valence-corrected chi connectivity index (χ4v) is 6.01. The van der Waals surface area contributed by atoms with Gasteiger partial charge in [-0.25, -0.2) is 9.97 Å². The van der Waals surface area contributed by atoms with Crippen molar-refractivity contribution in [3.8, 4) is 23.0 Å². The van der Waals surface area contributed by atoms with Crippen molar-refractivity contribution < 1.29 is 42.3 Å². The van der Waals surface area contributed by atoms with Gasteiger partial charge in [-0.05, 0) is 99.5 Å². The number of benzene rings is 4. The normalized spacial score (nSPS) is 12.3. The van der Waals surface area contributed by atoms with E-state index in [1.165, 1.54) is 24.3 Å². The van der Waals surface area contributed by atoms with E-state index in [-0.39, 0.29) is 30.8 Å². The minimum Gasteiger partial charge on any atom is -0.454 e. The Hall–Kier alpha value is -6.47. The monoisotopic (exact) mass is 749 g/mol. The second-order valence-corrected chi connectivity index (χ2v) is 13.0. The average molecular weight is 750 g/mol. The summed E-state index contributed by atoms with van der Waals surface area (Å²) in [5.41, 5.74) is 4.83. The second-order valence-electron chi connectivity index (χ2n) is 12.5. The van der Waals surface area contributed by atoms with Crippen molar-refractivity contribution in [3.63, 3.8) is 0 Å². The number of aryl methyl sites for hydroxylation is 4. The molecule has 0 saturated heterocycles. The number of nitrogens with zero attached hydrogens (tertiary/aromatic N) is 3. The molecule has 0 bridgehead atoms. The lowest BCUT2D eigenvalue weighted by Crippen LogP contribution is -2.07. The van der Waals surface area contributed by atoms with E-state index >= 15 is 0 Å². The molecule has 0 fully saturated rings. The quantitative estimate of drug-likeness (QED) is 0.0790. The number of hydrogen-bond acceptors (Lipinski definition) is 12. The van der Waals surface area contributed by atoms with Crippen LogP contribution in [-0.4, -0.2) is 40.0 Å². The van der Waals surface area contributed by atoms with Gasteiger partial charge < -0.3 is 27.8 Å². The number of aromatic nitrogens is 2. The molecule has 0 spiro atoms. The number of carbonyl (C=O) groups excluding carboxylic acids is 2. The molecule has 274 valence electrons. The number of nitro benzene ring substituents is 1. The minimum absolute atomic E-state index is 0.0757. The molecule has 0 radical (unpaired) electrons. The first-order valence-corrected chi connectivity index (χ1v) is 17.1. The number of halogens is 1. The molecule has 0 N–H and O–H groups in total. The van der Waals surface area contributed by atoms with Gasteiger partial charge in [-0.15, -0.1) is 0 Å². The summed E-state index contributed by atoms with van der Waals surface area (Å²) in [5, 5.41) is 11.4. The Kier molecular flexibility index (Phi) is 9.89. The van der Waals surface area contributed by atoms with Crippen molar-refractivity contribution in [2.75, 3.05) is 13.6 Å². The van der Waals surface area contributed by atoms with Crippen LogP contribution in [0.1, 0.15) is 77.7 Å². The van der Waals surface area contributed by atoms with Gasteiger partial charge in [0.2, 0.25) is 13.6 Å². The first kappa shape index (κ1) is 35.9. The van der Waals surface area contributed by atoms with Crippen LogP contribution in [0.25, 0.3) is 0 Å². The van der Waals surface area contributed by atoms with Crippen molar-refractivity contribution in [1.82, 2.24) is 9.97 Å². The van der Waals surface area contributed by atoms with Crippen LogP contribution in [0.4, 0.5) is 5.69 Å². The smallest absolute Gasteiger partial charge is 0.269 e. The van der Waals surface area contributed by atoms with Crippen LogP contribution in [0, 0.1) is 37.8 Å². The molecular formula is C40H32ClN3O10. The third kappa shape index (κ3) is 7.53. The summed E-state index contributed by atoms with van der Waals surface area (Å²) in [4.78, 5) is 45.3. The molecule has 14 heteroatoms. The molecule has 0 unspecified atom stereocenters. The maximum absolute atomic E-state index is 13.1. The highest BCUT2D eigenvalue weighted by Gasteiger charge is 2.25. The van der Waals surface area contributed by atoms with Crippen molar-refractivity contribution >= 4 is 28.9 Å². The van der Waals surface area contributed by atoms with Gasteiger partial charge in [-0.2, -0.15) is 0 Å². The third-order valence-corrected chi connectivity index (χ3v) is 9.21. The number of hydrogen-bond donors (Lipinski definition) is 0. The largest absolute Gasteiger partial charge is 0.454 e. The summed E-state index contributed by atoms with van der Waals surface area (Å²) in [6.45, 7) is 7.66. The number of ether oxygens (including phenoxy) is 4. The van der Waals surface area contributed by atoms with Crippen LogP contribution in [-0.2, 0) is 12.8 Å². The molecule has 4 aromatic carbocycles. The van der Waals surface area contributed by atoms with Crippen LogP contribution in [0.3, 0.4) is 0 Å². The van der Waals surface area contributed by atoms with Crippen LogP contribution in [0.2, 0.25) is 5.02 Å². The molecule has 4 heterocycles. The van der Waals surface area contributed by atoms with Crippen LogP contribution >= 0.6 is 11.6 Å². The van der Waals surface area contributed by atoms with Gasteiger partial charge >= 0.3 is 0 Å². The predicted molar refractivity (Wildman–Crippen MR) is 194 cm³/mol. The summed E-state index contributed by atoms with van der Waals surface area (Å²) in [6, 6.07) is 19.2. The van der Waals surface area contributed by atoms with Gasteiger partial charge in [-0.3, -0.25) is 19.7 Å². The van der Waals surface area contributed by atoms with E-state index in [1.54, 1.807) is 42.5 Å². The van der Waals surface area contributed by atoms with Crippen molar-refractivity contribution in [2.24, 2.45) is 0 Å². The molecule has 0 atom stereocenters. The van der Waals surface area contributed by atoms with Gasteiger partial charge in [0.25, 0.3) is 5.69 Å². The van der Waals surface area contributed by atoms with Gasteiger partial charge in [0, 0.05) is 39.4 Å². The zero-order chi connectivity index (χ0) is 38.1. The Balaban J connectivity index is 0.000000167. The fourth-order valence-electron chi connectivity index (χ4n) is 5.89. The molecule has 0 amide bonds. The Morgan fingerprint density at radius 3 is 1.41 bits per heavy atom. The van der Waals surface area contributed by atoms with Crippen LogP contribution in [0.15, 0.2) is 81.6 Å². The second kappa shape index (κ2) is 14.9. The molecule has 2 aliphatic rings. The molecule has 0 aliphatic carbocycles. The van der Waals surface area contributed by atoms with E-state index in [2.05, 4.69) is 9.97 Å². The summed E-state index contributed by atoms with van der Waals surface area (Å²) in [6.07, 6.45) is 0.694. The Morgan fingerprint density at radius 2 is 1.04 bits per heavy atom. The van der Waals surface area contributed by atoms with E-state index in [1.807, 2.05) is 33.8 Å². The molecule has 54 heavy (non-hydrogen) atoms. The molecule has 2 aromatic heterocycles. The lowest BCUT2D eigenvalue weighted by molar-refractivity contribution is -0.384. The highest BCUT2D eigenvalue weighted by atomic mass is 35.5. The molecular weight excluding hydrogens is 718 g/mol. The van der Waals surface area contributed by atoms with Crippen molar-refractivity contribution in [1.29, 1.82) is 0 Å². The number of rotatable bonds is 9. The van der Waals surface area contributed by atoms with E-state index in [9.17, 15) is 19.7 Å². The lowest BCUT2D eigenvalue weighted by atomic mass is 9.95. The molecule has 8 rings (SSSR count). The van der Waals surface area contributed by atoms with Gasteiger partial charge in [-0.1, -0.05) is 11.6 Å². The standard InChI is InChI=1S/C20H16ClNO4.C20H16N2O6/c1-11-12(2)26-19(22-11)8-14-7-17-18(25-10-24-17)9-16(14)20(23)13-3-5-15(21)6-4-13;1-11-12(2)28-19(21-11)8-14-7-17-18(27-10-26-17)9-16(14)20(23)13-3-5-15(6-4-13)22(24)25/h3-7,9H,8,10H2,1-2H3;3-7,9H,8,10H2,1-2H3. The first-order chi connectivity index (χ1) is 25.9. The number of nitro groups is 1. The summed E-state index contributed by atoms with van der Waals surface area (Å²) >= 11 is 5.93. The van der Waals surface area contributed by atoms with E-state index in [0.717, 1.165) is 28.5 Å². The van der Waals surface area contributed by atoms with Gasteiger partial charge in [0.1, 0.15) is 11.5 Å². The highest BCUT2D eigenvalue weighted by molar-refractivity contribution is 6.30. The predicted octanol–water partition coefficient (Wildman–Crippen LogP) is 8.25. The van der Waals surface area contributed by atoms with Crippen LogP contribution in [0.5, 0.6) is 23.0 Å². The van der Waals surface area contributed by atoms with Crippen LogP contribution < -0.4 is 18.9 Å². The topological polar surface area (TPSA) is 166 Å². The lowest BCUT2D eigenvalue weighted by Gasteiger charge is -2.09. The molecule has 0 saturated carbocycles. The molecule has 13 nitrogen and oxygen atoms in total. The zero-order valence-electron chi connectivity index (χ0n) is 29.6. The molecule has 2 aliphatic heterocycles. The van der Waals surface area contributed by atoms with E-state index in [0.29, 0.717) is 80.5 Å². The van der Waals surface area contributed by atoms with Crippen molar-refractivity contribution in [3.05, 3.63) is 156 Å². The Labute approximate surface area is 313 Å². The third-order valence-electron chi connectivity index (χ3n) is 8.96. The summed E-state index contributed by atoms with van der Waals surface area (Å²) in [5.74, 6) is 4.36. The number of carbonyl (C=O) groups is 2. The minimum atomic E-state index is -0.506. The summed E-state index contributed by atoms with van der Waals surface area (Å²) in [7, 11) is 0. The fraction of sp³-hybridized carbons (Fsp3) is 0.200. The Morgan fingerprint density at radius 1 is 0.648 bits per heavy atom. The average Bonchev–Trinajstić information content (AvgIpc) is 3.95. The maximum atomic E-state index is 13.1. The summed E-state index contributed by atoms with van der Waals surface area (Å²) < 4.78 is 33.1. The number of ketones is 2. The number of fused-ring (bicyclic) bond motifs is 2. The van der Waals surface area contributed by atoms with Crippen molar-refractivity contribution in [2.45, 2.75) is 40.5 Å². The number of oxazole rings is 2. The van der Waals surface area contributed by atoms with E-state index in [4.69, 9.17) is 39.4 Å². The maximum Gasteiger partial charge on any atom is 0.269 e.